The van der Waals surface area contributed by atoms with Crippen LogP contribution in [0.5, 0.6) is 0 Å². The summed E-state index contributed by atoms with van der Waals surface area (Å²) in [4.78, 5) is 24.1. The lowest BCUT2D eigenvalue weighted by molar-refractivity contribution is -0.109. The molecule has 0 aliphatic rings. The molecule has 0 aliphatic heterocycles. The summed E-state index contributed by atoms with van der Waals surface area (Å²) in [5.74, 6) is -0.303. The van der Waals surface area contributed by atoms with Gasteiger partial charge in [0.1, 0.15) is 0 Å². The van der Waals surface area contributed by atoms with Crippen LogP contribution in [0.1, 0.15) is 38.1 Å². The van der Waals surface area contributed by atoms with Crippen molar-refractivity contribution in [1.82, 2.24) is 0 Å². The summed E-state index contributed by atoms with van der Waals surface area (Å²) in [6.45, 7) is 11.9. The number of rotatable bonds is 3. The molecular weight excluding hydrogens is 288 g/mol. The van der Waals surface area contributed by atoms with Crippen LogP contribution in [-0.2, 0) is 9.22 Å². The van der Waals surface area contributed by atoms with Crippen LogP contribution in [0.3, 0.4) is 0 Å². The van der Waals surface area contributed by atoms with Gasteiger partial charge in [-0.3, -0.25) is 4.79 Å². The monoisotopic (exact) mass is 310 g/mol. The molecule has 0 aromatic heterocycles. The first-order chi connectivity index (χ1) is 9.03. The van der Waals surface area contributed by atoms with Crippen molar-refractivity contribution < 1.29 is 14.0 Å². The summed E-state index contributed by atoms with van der Waals surface area (Å²) in [6, 6.07) is 7.02. The fraction of sp³-hybridized carbons (Fsp3) is 0.467. The van der Waals surface area contributed by atoms with Gasteiger partial charge in [0.2, 0.25) is 0 Å². The van der Waals surface area contributed by atoms with E-state index in [0.29, 0.717) is 5.56 Å². The number of hydrogen-bond donors (Lipinski definition) is 0. The lowest BCUT2D eigenvalue weighted by atomic mass is 10.2. The summed E-state index contributed by atoms with van der Waals surface area (Å²) >= 11 is 1.12. The molecule has 0 saturated heterocycles. The largest absolute Gasteiger partial charge is 0.516 e. The van der Waals surface area contributed by atoms with Crippen LogP contribution in [0.15, 0.2) is 29.2 Å². The third-order valence-electron chi connectivity index (χ3n) is 3.49. The number of hydrogen-bond acceptors (Lipinski definition) is 4. The van der Waals surface area contributed by atoms with Crippen LogP contribution >= 0.6 is 11.8 Å². The zero-order valence-electron chi connectivity index (χ0n) is 12.9. The normalized spacial score (nSPS) is 12.1. The molecule has 0 radical (unpaired) electrons. The summed E-state index contributed by atoms with van der Waals surface area (Å²) in [5.41, 5.74) is 0.501. The van der Waals surface area contributed by atoms with Gasteiger partial charge < -0.3 is 4.43 Å². The zero-order valence-corrected chi connectivity index (χ0v) is 14.8. The molecule has 0 atom stereocenters. The summed E-state index contributed by atoms with van der Waals surface area (Å²) < 4.78 is 5.75. The highest BCUT2D eigenvalue weighted by Gasteiger charge is 2.40. The van der Waals surface area contributed by atoms with Gasteiger partial charge in [0.25, 0.3) is 8.32 Å². The fourth-order valence-electron chi connectivity index (χ4n) is 1.30. The van der Waals surface area contributed by atoms with Crippen LogP contribution in [-0.4, -0.2) is 19.4 Å². The lowest BCUT2D eigenvalue weighted by Crippen LogP contribution is -2.42. The van der Waals surface area contributed by atoms with E-state index >= 15 is 0 Å². The van der Waals surface area contributed by atoms with Gasteiger partial charge in [0.15, 0.2) is 5.12 Å². The summed E-state index contributed by atoms with van der Waals surface area (Å²) in [6.07, 6.45) is 0. The first kappa shape index (κ1) is 17.0. The van der Waals surface area contributed by atoms with E-state index in [9.17, 15) is 9.59 Å². The van der Waals surface area contributed by atoms with Crippen molar-refractivity contribution in [1.29, 1.82) is 0 Å². The molecule has 20 heavy (non-hydrogen) atoms. The van der Waals surface area contributed by atoms with Crippen LogP contribution in [0, 0.1) is 0 Å². The van der Waals surface area contributed by atoms with Gasteiger partial charge in [-0.25, -0.2) is 4.79 Å². The van der Waals surface area contributed by atoms with Gasteiger partial charge in [-0.1, -0.05) is 38.6 Å². The highest BCUT2D eigenvalue weighted by molar-refractivity contribution is 8.13. The second-order valence-corrected chi connectivity index (χ2v) is 12.2. The highest BCUT2D eigenvalue weighted by atomic mass is 32.2. The first-order valence-electron chi connectivity index (χ1n) is 6.55. The Morgan fingerprint density at radius 1 is 1.20 bits per heavy atom. The molecule has 1 rings (SSSR count). The molecule has 1 aromatic rings. The van der Waals surface area contributed by atoms with Crippen molar-refractivity contribution in [2.75, 3.05) is 0 Å². The predicted octanol–water partition coefficient (Wildman–Crippen LogP) is 4.49. The first-order valence-corrected chi connectivity index (χ1v) is 10.3. The van der Waals surface area contributed by atoms with E-state index in [1.165, 1.54) is 6.92 Å². The minimum Gasteiger partial charge on any atom is -0.516 e. The number of carbonyl (C=O) groups excluding carboxylic acids is 2. The maximum absolute atomic E-state index is 12.3. The van der Waals surface area contributed by atoms with Gasteiger partial charge in [-0.05, 0) is 36.3 Å². The van der Waals surface area contributed by atoms with E-state index in [1.54, 1.807) is 18.2 Å². The van der Waals surface area contributed by atoms with Gasteiger partial charge in [0, 0.05) is 11.8 Å². The number of carbonyl (C=O) groups is 2. The molecule has 3 nitrogen and oxygen atoms in total. The van der Waals surface area contributed by atoms with Gasteiger partial charge in [0.05, 0.1) is 5.56 Å². The van der Waals surface area contributed by atoms with Crippen molar-refractivity contribution in [2.45, 2.75) is 50.7 Å². The van der Waals surface area contributed by atoms with E-state index in [4.69, 9.17) is 4.43 Å². The second-order valence-electron chi connectivity index (χ2n) is 6.27. The highest BCUT2D eigenvalue weighted by Crippen LogP contribution is 2.37. The SMILES string of the molecule is CC(=O)Sc1cccc(C(=O)O[Si](C)(C)C(C)(C)C)c1. The summed E-state index contributed by atoms with van der Waals surface area (Å²) in [5, 5.41) is -0.0195. The Bertz CT molecular complexity index is 518. The molecule has 0 heterocycles. The maximum Gasteiger partial charge on any atom is 0.324 e. The van der Waals surface area contributed by atoms with Crippen LogP contribution in [0.4, 0.5) is 0 Å². The van der Waals surface area contributed by atoms with Crippen LogP contribution in [0.2, 0.25) is 18.1 Å². The zero-order chi connectivity index (χ0) is 15.6. The molecule has 1 aromatic carbocycles. The molecule has 5 heteroatoms. The maximum atomic E-state index is 12.3. The van der Waals surface area contributed by atoms with E-state index < -0.39 is 8.32 Å². The molecule has 0 bridgehead atoms. The van der Waals surface area contributed by atoms with E-state index in [2.05, 4.69) is 20.8 Å². The Kier molecular flexibility index (Phi) is 5.21. The topological polar surface area (TPSA) is 43.4 Å². The van der Waals surface area contributed by atoms with Crippen molar-refractivity contribution in [3.05, 3.63) is 29.8 Å². The van der Waals surface area contributed by atoms with Gasteiger partial charge in [-0.2, -0.15) is 0 Å². The quantitative estimate of drug-likeness (QED) is 0.609. The Morgan fingerprint density at radius 2 is 1.80 bits per heavy atom. The third kappa shape index (κ3) is 4.49. The average Bonchev–Trinajstić information content (AvgIpc) is 2.26. The van der Waals surface area contributed by atoms with Crippen molar-refractivity contribution in [2.24, 2.45) is 0 Å². The van der Waals surface area contributed by atoms with Crippen molar-refractivity contribution >= 4 is 31.2 Å². The van der Waals surface area contributed by atoms with Gasteiger partial charge >= 0.3 is 5.97 Å². The molecule has 0 saturated carbocycles. The van der Waals surface area contributed by atoms with Crippen LogP contribution < -0.4 is 0 Å². The molecule has 0 N–H and O–H groups in total. The average molecular weight is 310 g/mol. The van der Waals surface area contributed by atoms with Crippen molar-refractivity contribution in [3.63, 3.8) is 0 Å². The molecule has 0 aliphatic carbocycles. The standard InChI is InChI=1S/C15H22O3SSi/c1-11(16)19-13-9-7-8-12(10-13)14(17)18-20(5,6)15(2,3)4/h7-10H,1-6H3. The number of benzene rings is 1. The van der Waals surface area contributed by atoms with Crippen molar-refractivity contribution in [3.8, 4) is 0 Å². The Balaban J connectivity index is 2.91. The second kappa shape index (κ2) is 6.14. The third-order valence-corrected chi connectivity index (χ3v) is 8.57. The molecule has 0 spiro atoms. The Morgan fingerprint density at radius 3 is 2.30 bits per heavy atom. The van der Waals surface area contributed by atoms with E-state index in [1.807, 2.05) is 19.2 Å². The Labute approximate surface area is 126 Å². The minimum atomic E-state index is -2.12. The van der Waals surface area contributed by atoms with E-state index in [-0.39, 0.29) is 16.1 Å². The van der Waals surface area contributed by atoms with Gasteiger partial charge in [-0.15, -0.1) is 0 Å². The molecular formula is C15H22O3SSi. The molecule has 0 unspecified atom stereocenters. The molecule has 0 fully saturated rings. The van der Waals surface area contributed by atoms with E-state index in [0.717, 1.165) is 16.7 Å². The lowest BCUT2D eigenvalue weighted by Gasteiger charge is -2.35. The minimum absolute atomic E-state index is 0.0000799. The smallest absolute Gasteiger partial charge is 0.324 e. The predicted molar refractivity (Wildman–Crippen MR) is 85.6 cm³/mol. The number of thioether (sulfide) groups is 1. The molecule has 0 amide bonds. The fourth-order valence-corrected chi connectivity index (χ4v) is 2.85. The van der Waals surface area contributed by atoms with Crippen LogP contribution in [0.25, 0.3) is 0 Å². The molecule has 110 valence electrons. The summed E-state index contributed by atoms with van der Waals surface area (Å²) in [7, 11) is -2.12. The Hall–Kier alpha value is -1.07.